The van der Waals surface area contributed by atoms with Gasteiger partial charge in [-0.1, -0.05) is 140 Å². The van der Waals surface area contributed by atoms with Gasteiger partial charge in [-0.15, -0.1) is 0 Å². The predicted molar refractivity (Wildman–Crippen MR) is 279 cm³/mol. The molecule has 6 nitrogen and oxygen atoms in total. The van der Waals surface area contributed by atoms with Gasteiger partial charge in [-0.25, -0.2) is 19.9 Å². The van der Waals surface area contributed by atoms with Gasteiger partial charge in [0.25, 0.3) is 0 Å². The third kappa shape index (κ3) is 6.82. The molecule has 4 aromatic heterocycles. The quantitative estimate of drug-likeness (QED) is 0.153. The highest BCUT2D eigenvalue weighted by Gasteiger charge is 2.16. The van der Waals surface area contributed by atoms with Crippen LogP contribution in [0.2, 0.25) is 0 Å². The van der Waals surface area contributed by atoms with Crippen LogP contribution in [0.25, 0.3) is 123 Å². The zero-order chi connectivity index (χ0) is 45.0. The fourth-order valence-corrected chi connectivity index (χ4v) is 9.78. The first-order valence-electron chi connectivity index (χ1n) is 22.9. The largest absolute Gasteiger partial charge is 0.309 e. The van der Waals surface area contributed by atoms with Crippen molar-refractivity contribution < 1.29 is 0 Å². The van der Waals surface area contributed by atoms with E-state index in [2.05, 4.69) is 234 Å². The van der Waals surface area contributed by atoms with E-state index in [1.165, 1.54) is 43.6 Å². The molecule has 0 radical (unpaired) electrons. The summed E-state index contributed by atoms with van der Waals surface area (Å²) in [5.74, 6) is 1.35. The Labute approximate surface area is 392 Å². The van der Waals surface area contributed by atoms with Crippen molar-refractivity contribution in [3.8, 4) is 79.0 Å². The fourth-order valence-electron chi connectivity index (χ4n) is 9.78. The molecule has 0 spiro atoms. The van der Waals surface area contributed by atoms with E-state index in [1.807, 2.05) is 18.3 Å². The number of rotatable bonds is 8. The molecule has 0 unspecified atom stereocenters. The van der Waals surface area contributed by atoms with Gasteiger partial charge < -0.3 is 9.13 Å². The lowest BCUT2D eigenvalue weighted by Crippen LogP contribution is -1.97. The number of hydrogen-bond acceptors (Lipinski definition) is 4. The molecule has 0 saturated carbocycles. The Hall–Kier alpha value is -9.26. The highest BCUT2D eigenvalue weighted by Crippen LogP contribution is 2.36. The van der Waals surface area contributed by atoms with E-state index in [1.54, 1.807) is 0 Å². The minimum absolute atomic E-state index is 0.670. The number of aromatic nitrogens is 6. The van der Waals surface area contributed by atoms with E-state index < -0.39 is 0 Å². The molecule has 4 heterocycles. The van der Waals surface area contributed by atoms with Crippen LogP contribution < -0.4 is 0 Å². The van der Waals surface area contributed by atoms with Gasteiger partial charge in [-0.05, 0) is 108 Å². The third-order valence-corrected chi connectivity index (χ3v) is 13.0. The van der Waals surface area contributed by atoms with Crippen LogP contribution >= 0.6 is 0 Å². The Morgan fingerprint density at radius 3 is 1.13 bits per heavy atom. The Morgan fingerprint density at radius 2 is 0.632 bits per heavy atom. The molecule has 0 fully saturated rings. The summed E-state index contributed by atoms with van der Waals surface area (Å²) in [7, 11) is 0. The fraction of sp³-hybridized carbons (Fsp3) is 0. The third-order valence-electron chi connectivity index (χ3n) is 13.0. The molecular formula is C62H40N6. The summed E-state index contributed by atoms with van der Waals surface area (Å²) in [6, 6.07) is 83.1. The van der Waals surface area contributed by atoms with E-state index in [9.17, 15) is 0 Å². The number of benzene rings is 9. The summed E-state index contributed by atoms with van der Waals surface area (Å²) in [4.78, 5) is 20.2. The molecular weight excluding hydrogens is 829 g/mol. The van der Waals surface area contributed by atoms with Crippen LogP contribution in [-0.2, 0) is 0 Å². The van der Waals surface area contributed by atoms with Gasteiger partial charge >= 0.3 is 0 Å². The van der Waals surface area contributed by atoms with Crippen LogP contribution in [-0.4, -0.2) is 29.1 Å². The highest BCUT2D eigenvalue weighted by atomic mass is 15.0. The lowest BCUT2D eigenvalue weighted by molar-refractivity contribution is 1.16. The van der Waals surface area contributed by atoms with Gasteiger partial charge in [0.05, 0.1) is 39.1 Å². The Morgan fingerprint density at radius 1 is 0.250 bits per heavy atom. The maximum atomic E-state index is 5.24. The molecule has 0 aliphatic rings. The van der Waals surface area contributed by atoms with Gasteiger partial charge in [0, 0.05) is 66.9 Å². The monoisotopic (exact) mass is 868 g/mol. The summed E-state index contributed by atoms with van der Waals surface area (Å²) in [6.45, 7) is 0. The molecule has 6 heteroatoms. The molecule has 318 valence electrons. The second kappa shape index (κ2) is 16.3. The van der Waals surface area contributed by atoms with Gasteiger partial charge in [-0.2, -0.15) is 0 Å². The summed E-state index contributed by atoms with van der Waals surface area (Å²) < 4.78 is 4.66. The second-order valence-electron chi connectivity index (χ2n) is 17.1. The van der Waals surface area contributed by atoms with Crippen molar-refractivity contribution in [3.63, 3.8) is 0 Å². The van der Waals surface area contributed by atoms with Crippen molar-refractivity contribution in [2.24, 2.45) is 0 Å². The molecule has 0 saturated heterocycles. The van der Waals surface area contributed by atoms with Crippen molar-refractivity contribution in [1.82, 2.24) is 29.1 Å². The molecule has 68 heavy (non-hydrogen) atoms. The zero-order valence-electron chi connectivity index (χ0n) is 36.8. The lowest BCUT2D eigenvalue weighted by Gasteiger charge is -2.12. The Balaban J connectivity index is 0.819. The molecule has 0 aliphatic heterocycles. The maximum Gasteiger partial charge on any atom is 0.160 e. The molecule has 13 rings (SSSR count). The first-order valence-corrected chi connectivity index (χ1v) is 22.9. The van der Waals surface area contributed by atoms with Crippen molar-refractivity contribution in [1.29, 1.82) is 0 Å². The summed E-state index contributed by atoms with van der Waals surface area (Å²) >= 11 is 0. The molecule has 0 bridgehead atoms. The van der Waals surface area contributed by atoms with Crippen LogP contribution in [0.1, 0.15) is 0 Å². The SMILES string of the molecule is c1ccc(-c2cc(-c3cccc(-c4cccc(-c5ccnc(-c6ccc(-n7c8ccccc8c8ccccc87)cc6)n5)c4)c3)nc(-c3ccc(-n4c5ccccc5c5ccccc54)cc3)n2)cc1. The second-order valence-corrected chi connectivity index (χ2v) is 17.1. The summed E-state index contributed by atoms with van der Waals surface area (Å²) in [6.07, 6.45) is 1.85. The highest BCUT2D eigenvalue weighted by molar-refractivity contribution is 6.10. The topological polar surface area (TPSA) is 61.4 Å². The van der Waals surface area contributed by atoms with E-state index >= 15 is 0 Å². The van der Waals surface area contributed by atoms with Gasteiger partial charge in [0.1, 0.15) is 0 Å². The number of nitrogens with zero attached hydrogens (tertiary/aromatic N) is 6. The first-order chi connectivity index (χ1) is 33.7. The summed E-state index contributed by atoms with van der Waals surface area (Å²) in [5.41, 5.74) is 16.6. The molecule has 9 aromatic carbocycles. The predicted octanol–water partition coefficient (Wildman–Crippen LogP) is 15.5. The average molecular weight is 869 g/mol. The van der Waals surface area contributed by atoms with Crippen molar-refractivity contribution >= 4 is 43.6 Å². The van der Waals surface area contributed by atoms with Crippen molar-refractivity contribution in [3.05, 3.63) is 243 Å². The first kappa shape index (κ1) is 39.1. The lowest BCUT2D eigenvalue weighted by atomic mass is 9.98. The van der Waals surface area contributed by atoms with E-state index in [0.717, 1.165) is 67.4 Å². The molecule has 0 N–H and O–H groups in total. The average Bonchev–Trinajstić information content (AvgIpc) is 3.94. The Bertz CT molecular complexity index is 3910. The van der Waals surface area contributed by atoms with E-state index in [-0.39, 0.29) is 0 Å². The number of para-hydroxylation sites is 4. The number of fused-ring (bicyclic) bond motifs is 6. The van der Waals surface area contributed by atoms with Crippen LogP contribution in [0.5, 0.6) is 0 Å². The molecule has 0 amide bonds. The minimum atomic E-state index is 0.670. The van der Waals surface area contributed by atoms with Crippen LogP contribution in [0.15, 0.2) is 243 Å². The van der Waals surface area contributed by atoms with E-state index in [0.29, 0.717) is 11.6 Å². The summed E-state index contributed by atoms with van der Waals surface area (Å²) in [5, 5.41) is 4.96. The smallest absolute Gasteiger partial charge is 0.160 e. The normalized spacial score (nSPS) is 11.5. The van der Waals surface area contributed by atoms with Crippen molar-refractivity contribution in [2.45, 2.75) is 0 Å². The number of hydrogen-bond donors (Lipinski definition) is 0. The van der Waals surface area contributed by atoms with Crippen LogP contribution in [0, 0.1) is 0 Å². The molecule has 0 aliphatic carbocycles. The van der Waals surface area contributed by atoms with Crippen LogP contribution in [0.3, 0.4) is 0 Å². The van der Waals surface area contributed by atoms with E-state index in [4.69, 9.17) is 19.9 Å². The van der Waals surface area contributed by atoms with Crippen LogP contribution in [0.4, 0.5) is 0 Å². The minimum Gasteiger partial charge on any atom is -0.309 e. The maximum absolute atomic E-state index is 5.24. The molecule has 13 aromatic rings. The van der Waals surface area contributed by atoms with Gasteiger partial charge in [0.2, 0.25) is 0 Å². The zero-order valence-corrected chi connectivity index (χ0v) is 36.8. The van der Waals surface area contributed by atoms with Crippen molar-refractivity contribution in [2.75, 3.05) is 0 Å². The van der Waals surface area contributed by atoms with Gasteiger partial charge in [0.15, 0.2) is 11.6 Å². The standard InChI is InChI=1S/C62H40N6/c1-2-14-41(15-3-1)55-40-56(66-62(65-55)43-30-34-49(35-31-43)68-59-26-10-6-22-52(59)53-23-7-11-27-60(53)68)47-19-13-17-45(39-47)44-16-12-18-46(38-44)54-36-37-63-61(64-54)42-28-32-48(33-29-42)67-57-24-8-4-20-50(57)51-21-5-9-25-58(51)67/h1-40H. The molecule has 0 atom stereocenters. The van der Waals surface area contributed by atoms with Gasteiger partial charge in [-0.3, -0.25) is 0 Å². The Kier molecular flexibility index (Phi) is 9.39.